The van der Waals surface area contributed by atoms with Crippen molar-refractivity contribution in [3.05, 3.63) is 17.7 Å². The van der Waals surface area contributed by atoms with Gasteiger partial charge in [-0.15, -0.1) is 0 Å². The minimum absolute atomic E-state index is 0.175. The van der Waals surface area contributed by atoms with E-state index in [9.17, 15) is 9.90 Å². The lowest BCUT2D eigenvalue weighted by Crippen LogP contribution is -2.33. The molecule has 1 saturated heterocycles. The molecule has 2 aromatic rings. The Kier molecular flexibility index (Phi) is 3.08. The van der Waals surface area contributed by atoms with Gasteiger partial charge in [0.05, 0.1) is 5.39 Å². The lowest BCUT2D eigenvalue weighted by atomic mass is 9.99. The number of aryl methyl sites for hydroxylation is 1. The fourth-order valence-corrected chi connectivity index (χ4v) is 2.75. The summed E-state index contributed by atoms with van der Waals surface area (Å²) in [7, 11) is 0. The molecule has 0 aliphatic carbocycles. The highest BCUT2D eigenvalue weighted by Crippen LogP contribution is 2.32. The summed E-state index contributed by atoms with van der Waals surface area (Å²) in [5.41, 5.74) is 0.526. The van der Waals surface area contributed by atoms with Crippen molar-refractivity contribution in [2.75, 3.05) is 18.0 Å². The molecule has 106 valence electrons. The number of nitrogens with zero attached hydrogens (tertiary/aromatic N) is 3. The quantitative estimate of drug-likeness (QED) is 0.907. The largest absolute Gasteiger partial charge is 0.478 e. The Bertz CT molecular complexity index is 657. The van der Waals surface area contributed by atoms with Gasteiger partial charge in [0.1, 0.15) is 23.5 Å². The van der Waals surface area contributed by atoms with Crippen molar-refractivity contribution in [2.45, 2.75) is 26.7 Å². The monoisotopic (exact) mass is 275 g/mol. The predicted molar refractivity (Wildman–Crippen MR) is 74.1 cm³/mol. The first-order valence-electron chi connectivity index (χ1n) is 6.80. The van der Waals surface area contributed by atoms with Gasteiger partial charge in [0.2, 0.25) is 5.71 Å². The van der Waals surface area contributed by atoms with Gasteiger partial charge in [-0.25, -0.2) is 14.8 Å². The molecule has 1 aliphatic rings. The van der Waals surface area contributed by atoms with E-state index < -0.39 is 5.97 Å². The van der Waals surface area contributed by atoms with Gasteiger partial charge in [0.15, 0.2) is 0 Å². The molecule has 0 atom stereocenters. The normalized spacial score (nSPS) is 16.8. The van der Waals surface area contributed by atoms with E-state index in [1.54, 1.807) is 6.92 Å². The van der Waals surface area contributed by atoms with Crippen molar-refractivity contribution in [2.24, 2.45) is 5.92 Å². The minimum Gasteiger partial charge on any atom is -0.478 e. The van der Waals surface area contributed by atoms with Crippen LogP contribution in [0.1, 0.15) is 35.9 Å². The van der Waals surface area contributed by atoms with Crippen molar-refractivity contribution in [3.63, 3.8) is 0 Å². The SMILES string of the molecule is Cc1oc2ncnc(N3CCC(C)CC3)c2c1C(=O)O. The first kappa shape index (κ1) is 12.9. The molecule has 1 fully saturated rings. The second-order valence-electron chi connectivity index (χ2n) is 5.39. The van der Waals surface area contributed by atoms with E-state index >= 15 is 0 Å². The van der Waals surface area contributed by atoms with Gasteiger partial charge in [-0.3, -0.25) is 0 Å². The number of hydrogen-bond donors (Lipinski definition) is 1. The second kappa shape index (κ2) is 4.77. The molecular formula is C14H17N3O3. The third-order valence-electron chi connectivity index (χ3n) is 3.94. The third kappa shape index (κ3) is 2.01. The predicted octanol–water partition coefficient (Wildman–Crippen LogP) is 2.47. The number of furan rings is 1. The number of anilines is 1. The van der Waals surface area contributed by atoms with Crippen LogP contribution in [0.4, 0.5) is 5.82 Å². The van der Waals surface area contributed by atoms with Crippen molar-refractivity contribution < 1.29 is 14.3 Å². The number of aromatic nitrogens is 2. The lowest BCUT2D eigenvalue weighted by molar-refractivity contribution is 0.0697. The van der Waals surface area contributed by atoms with E-state index in [1.165, 1.54) is 6.33 Å². The van der Waals surface area contributed by atoms with Crippen molar-refractivity contribution >= 4 is 22.9 Å². The van der Waals surface area contributed by atoms with Gasteiger partial charge in [0.25, 0.3) is 0 Å². The summed E-state index contributed by atoms with van der Waals surface area (Å²) in [5.74, 6) is 0.757. The molecule has 0 spiro atoms. The Morgan fingerprint density at radius 2 is 2.10 bits per heavy atom. The molecule has 3 heterocycles. The molecule has 3 rings (SSSR count). The zero-order valence-electron chi connectivity index (χ0n) is 11.6. The van der Waals surface area contributed by atoms with E-state index in [2.05, 4.69) is 21.8 Å². The van der Waals surface area contributed by atoms with E-state index in [0.29, 0.717) is 28.6 Å². The highest BCUT2D eigenvalue weighted by molar-refractivity contribution is 6.07. The van der Waals surface area contributed by atoms with Crippen molar-refractivity contribution in [3.8, 4) is 0 Å². The molecule has 6 heteroatoms. The number of piperidine rings is 1. The topological polar surface area (TPSA) is 79.5 Å². The number of carboxylic acids is 1. The van der Waals surface area contributed by atoms with E-state index in [4.69, 9.17) is 4.42 Å². The van der Waals surface area contributed by atoms with Crippen LogP contribution in [0.25, 0.3) is 11.1 Å². The average molecular weight is 275 g/mol. The van der Waals surface area contributed by atoms with Gasteiger partial charge in [-0.1, -0.05) is 6.92 Å². The van der Waals surface area contributed by atoms with Gasteiger partial charge < -0.3 is 14.4 Å². The van der Waals surface area contributed by atoms with Crippen LogP contribution in [-0.2, 0) is 0 Å². The smallest absolute Gasteiger partial charge is 0.340 e. The summed E-state index contributed by atoms with van der Waals surface area (Å²) in [4.78, 5) is 21.9. The van der Waals surface area contributed by atoms with E-state index in [1.807, 2.05) is 0 Å². The van der Waals surface area contributed by atoms with Crippen LogP contribution in [0.3, 0.4) is 0 Å². The highest BCUT2D eigenvalue weighted by atomic mass is 16.4. The number of rotatable bonds is 2. The van der Waals surface area contributed by atoms with Crippen LogP contribution in [0.5, 0.6) is 0 Å². The average Bonchev–Trinajstić information content (AvgIpc) is 2.75. The zero-order valence-corrected chi connectivity index (χ0v) is 11.6. The number of hydrogen-bond acceptors (Lipinski definition) is 5. The Labute approximate surface area is 116 Å². The summed E-state index contributed by atoms with van der Waals surface area (Å²) in [6.45, 7) is 5.65. The van der Waals surface area contributed by atoms with Crippen LogP contribution < -0.4 is 4.90 Å². The molecule has 6 nitrogen and oxygen atoms in total. The van der Waals surface area contributed by atoms with E-state index in [-0.39, 0.29) is 5.56 Å². The summed E-state index contributed by atoms with van der Waals surface area (Å²) in [5, 5.41) is 9.90. The summed E-state index contributed by atoms with van der Waals surface area (Å²) >= 11 is 0. The molecule has 1 N–H and O–H groups in total. The fraction of sp³-hybridized carbons (Fsp3) is 0.500. The first-order valence-corrected chi connectivity index (χ1v) is 6.80. The maximum absolute atomic E-state index is 11.4. The second-order valence-corrected chi connectivity index (χ2v) is 5.39. The minimum atomic E-state index is -0.998. The molecule has 0 saturated carbocycles. The Hall–Kier alpha value is -2.11. The van der Waals surface area contributed by atoms with Crippen molar-refractivity contribution in [1.82, 2.24) is 9.97 Å². The standard InChI is InChI=1S/C14H17N3O3/c1-8-3-5-17(6-4-8)12-11-10(14(18)19)9(2)20-13(11)16-7-15-12/h7-8H,3-6H2,1-2H3,(H,18,19). The van der Waals surface area contributed by atoms with Crippen LogP contribution in [-0.4, -0.2) is 34.1 Å². The highest BCUT2D eigenvalue weighted by Gasteiger charge is 2.26. The molecule has 0 radical (unpaired) electrons. The number of carboxylic acid groups (broad SMARTS) is 1. The first-order chi connectivity index (χ1) is 9.58. The van der Waals surface area contributed by atoms with Crippen LogP contribution >= 0.6 is 0 Å². The number of fused-ring (bicyclic) bond motifs is 1. The van der Waals surface area contributed by atoms with E-state index in [0.717, 1.165) is 25.9 Å². The van der Waals surface area contributed by atoms with Crippen LogP contribution in [0.2, 0.25) is 0 Å². The van der Waals surface area contributed by atoms with Crippen molar-refractivity contribution in [1.29, 1.82) is 0 Å². The van der Waals surface area contributed by atoms with Gasteiger partial charge in [-0.05, 0) is 25.7 Å². The summed E-state index contributed by atoms with van der Waals surface area (Å²) in [6.07, 6.45) is 3.61. The zero-order chi connectivity index (χ0) is 14.3. The summed E-state index contributed by atoms with van der Waals surface area (Å²) < 4.78 is 5.45. The molecule has 0 bridgehead atoms. The Morgan fingerprint density at radius 1 is 1.40 bits per heavy atom. The molecule has 2 aromatic heterocycles. The number of carbonyl (C=O) groups is 1. The molecule has 0 unspecified atom stereocenters. The van der Waals surface area contributed by atoms with Gasteiger partial charge >= 0.3 is 5.97 Å². The van der Waals surface area contributed by atoms with Crippen LogP contribution in [0.15, 0.2) is 10.7 Å². The lowest BCUT2D eigenvalue weighted by Gasteiger charge is -2.31. The molecular weight excluding hydrogens is 258 g/mol. The number of aromatic carboxylic acids is 1. The maximum Gasteiger partial charge on any atom is 0.340 e. The molecule has 20 heavy (non-hydrogen) atoms. The summed E-state index contributed by atoms with van der Waals surface area (Å²) in [6, 6.07) is 0. The fourth-order valence-electron chi connectivity index (χ4n) is 2.75. The Morgan fingerprint density at radius 3 is 2.75 bits per heavy atom. The maximum atomic E-state index is 11.4. The molecule has 0 amide bonds. The Balaban J connectivity index is 2.13. The molecule has 1 aliphatic heterocycles. The third-order valence-corrected chi connectivity index (χ3v) is 3.94. The van der Waals surface area contributed by atoms with Gasteiger partial charge in [-0.2, -0.15) is 0 Å². The van der Waals surface area contributed by atoms with Crippen LogP contribution in [0, 0.1) is 12.8 Å². The van der Waals surface area contributed by atoms with Gasteiger partial charge in [0, 0.05) is 13.1 Å². The molecule has 0 aromatic carbocycles.